The highest BCUT2D eigenvalue weighted by atomic mass is 32.1. The Balaban J connectivity index is 1.39. The highest BCUT2D eigenvalue weighted by Crippen LogP contribution is 2.27. The van der Waals surface area contributed by atoms with Crippen LogP contribution in [0.4, 0.5) is 0 Å². The first-order valence-corrected chi connectivity index (χ1v) is 10.8. The lowest BCUT2D eigenvalue weighted by molar-refractivity contribution is -0.921. The number of nitrogens with one attached hydrogen (secondary N) is 2. The highest BCUT2D eigenvalue weighted by molar-refractivity contribution is 7.20. The van der Waals surface area contributed by atoms with E-state index in [0.717, 1.165) is 42.7 Å². The summed E-state index contributed by atoms with van der Waals surface area (Å²) in [6.45, 7) is 5.20. The summed E-state index contributed by atoms with van der Waals surface area (Å²) in [4.78, 5) is 19.6. The van der Waals surface area contributed by atoms with Gasteiger partial charge in [0.1, 0.15) is 30.3 Å². The summed E-state index contributed by atoms with van der Waals surface area (Å²) in [5.41, 5.74) is 2.94. The number of hydrogen-bond acceptors (Lipinski definition) is 5. The van der Waals surface area contributed by atoms with E-state index in [1.54, 1.807) is 11.3 Å². The smallest absolute Gasteiger partial charge is 0.271 e. The Hall–Kier alpha value is -2.06. The normalized spacial score (nSPS) is 15.0. The second-order valence-electron chi connectivity index (χ2n) is 6.51. The van der Waals surface area contributed by atoms with E-state index in [2.05, 4.69) is 28.5 Å². The fourth-order valence-corrected chi connectivity index (χ4v) is 4.78. The van der Waals surface area contributed by atoms with Gasteiger partial charge in [-0.2, -0.15) is 0 Å². The molecule has 0 radical (unpaired) electrons. The summed E-state index contributed by atoms with van der Waals surface area (Å²) in [5, 5.41) is 7.77. The summed E-state index contributed by atoms with van der Waals surface area (Å²) >= 11 is 3.14. The number of thiazole rings is 1. The van der Waals surface area contributed by atoms with Crippen LogP contribution in [0.3, 0.4) is 0 Å². The number of ether oxygens (including phenoxy) is 1. The zero-order chi connectivity index (χ0) is 18.5. The molecule has 0 atom stereocenters. The van der Waals surface area contributed by atoms with Gasteiger partial charge in [-0.1, -0.05) is 30.3 Å². The number of quaternary nitrogens is 1. The Morgan fingerprint density at radius 1 is 1.11 bits per heavy atom. The van der Waals surface area contributed by atoms with Crippen molar-refractivity contribution in [1.29, 1.82) is 0 Å². The molecule has 3 heterocycles. The molecule has 140 valence electrons. The number of nitrogens with zero attached hydrogens (tertiary/aromatic N) is 1. The molecule has 1 fully saturated rings. The zero-order valence-corrected chi connectivity index (χ0v) is 16.6. The monoisotopic (exact) mass is 400 g/mol. The first kappa shape index (κ1) is 18.3. The van der Waals surface area contributed by atoms with Crippen LogP contribution < -0.4 is 10.2 Å². The number of benzene rings is 1. The molecule has 0 unspecified atom stereocenters. The van der Waals surface area contributed by atoms with Gasteiger partial charge in [0.05, 0.1) is 18.1 Å². The zero-order valence-electron chi connectivity index (χ0n) is 14.9. The fraction of sp³-hybridized carbons (Fsp3) is 0.300. The van der Waals surface area contributed by atoms with Gasteiger partial charge >= 0.3 is 0 Å². The Bertz CT molecular complexity index is 886. The number of amides is 1. The fourth-order valence-electron chi connectivity index (χ4n) is 3.17. The third kappa shape index (κ3) is 4.62. The van der Waals surface area contributed by atoms with Gasteiger partial charge in [-0.15, -0.1) is 22.7 Å². The largest absolute Gasteiger partial charge is 0.370 e. The predicted octanol–water partition coefficient (Wildman–Crippen LogP) is 2.22. The number of morpholine rings is 1. The molecule has 1 aliphatic rings. The molecular weight excluding hydrogens is 378 g/mol. The third-order valence-electron chi connectivity index (χ3n) is 4.67. The summed E-state index contributed by atoms with van der Waals surface area (Å²) in [6, 6.07) is 12.4. The molecule has 1 aromatic carbocycles. The Labute approximate surface area is 166 Å². The van der Waals surface area contributed by atoms with E-state index in [1.807, 2.05) is 29.0 Å². The van der Waals surface area contributed by atoms with Gasteiger partial charge in [-0.3, -0.25) is 4.79 Å². The third-order valence-corrected chi connectivity index (χ3v) is 6.55. The SMILES string of the molecule is O=C(NCc1ccccc1C[NH+]1CCOCC1)c1csc(-c2cccs2)n1. The highest BCUT2D eigenvalue weighted by Gasteiger charge is 2.17. The van der Waals surface area contributed by atoms with Gasteiger partial charge < -0.3 is 15.0 Å². The lowest BCUT2D eigenvalue weighted by atomic mass is 10.1. The van der Waals surface area contributed by atoms with Crippen LogP contribution in [0.5, 0.6) is 0 Å². The van der Waals surface area contributed by atoms with E-state index in [9.17, 15) is 4.79 Å². The topological polar surface area (TPSA) is 55.7 Å². The van der Waals surface area contributed by atoms with Crippen LogP contribution in [0.25, 0.3) is 9.88 Å². The number of carbonyl (C=O) groups is 1. The predicted molar refractivity (Wildman–Crippen MR) is 108 cm³/mol. The Kier molecular flexibility index (Phi) is 5.94. The molecule has 1 amide bonds. The quantitative estimate of drug-likeness (QED) is 0.667. The number of carbonyl (C=O) groups excluding carboxylic acids is 1. The van der Waals surface area contributed by atoms with Crippen LogP contribution in [0.2, 0.25) is 0 Å². The molecule has 0 bridgehead atoms. The van der Waals surface area contributed by atoms with Gasteiger partial charge in [0.25, 0.3) is 5.91 Å². The second kappa shape index (κ2) is 8.75. The average Bonchev–Trinajstić information content (AvgIpc) is 3.39. The maximum Gasteiger partial charge on any atom is 0.271 e. The minimum atomic E-state index is -0.123. The van der Waals surface area contributed by atoms with Crippen molar-refractivity contribution in [1.82, 2.24) is 10.3 Å². The maximum atomic E-state index is 12.5. The first-order valence-electron chi connectivity index (χ1n) is 9.05. The minimum absolute atomic E-state index is 0.123. The molecule has 0 saturated carbocycles. The molecule has 4 rings (SSSR count). The molecule has 1 aliphatic heterocycles. The van der Waals surface area contributed by atoms with E-state index in [1.165, 1.54) is 27.4 Å². The number of thiophene rings is 1. The molecule has 27 heavy (non-hydrogen) atoms. The lowest BCUT2D eigenvalue weighted by Gasteiger charge is -2.24. The van der Waals surface area contributed by atoms with Crippen molar-refractivity contribution < 1.29 is 14.4 Å². The summed E-state index contributed by atoms with van der Waals surface area (Å²) in [6.07, 6.45) is 0. The number of aromatic nitrogens is 1. The van der Waals surface area contributed by atoms with E-state index in [0.29, 0.717) is 12.2 Å². The standard InChI is InChI=1S/C20H21N3O2S2/c24-19(17-14-27-20(22-17)18-6-3-11-26-18)21-12-15-4-1-2-5-16(15)13-23-7-9-25-10-8-23/h1-6,11,14H,7-10,12-13H2,(H,21,24)/p+1. The molecule has 7 heteroatoms. The van der Waals surface area contributed by atoms with Crippen LogP contribution in [-0.4, -0.2) is 37.2 Å². The molecule has 0 spiro atoms. The average molecular weight is 401 g/mol. The van der Waals surface area contributed by atoms with Crippen molar-refractivity contribution in [3.05, 3.63) is 64.0 Å². The van der Waals surface area contributed by atoms with E-state index >= 15 is 0 Å². The second-order valence-corrected chi connectivity index (χ2v) is 8.31. The van der Waals surface area contributed by atoms with Gasteiger partial charge in [0.2, 0.25) is 0 Å². The van der Waals surface area contributed by atoms with Crippen molar-refractivity contribution >= 4 is 28.6 Å². The Morgan fingerprint density at radius 3 is 2.70 bits per heavy atom. The molecule has 3 aromatic rings. The first-order chi connectivity index (χ1) is 13.3. The minimum Gasteiger partial charge on any atom is -0.370 e. The van der Waals surface area contributed by atoms with Crippen LogP contribution in [0.15, 0.2) is 47.2 Å². The van der Waals surface area contributed by atoms with E-state index in [-0.39, 0.29) is 5.91 Å². The van der Waals surface area contributed by atoms with Crippen LogP contribution in [-0.2, 0) is 17.8 Å². The van der Waals surface area contributed by atoms with Crippen molar-refractivity contribution in [2.24, 2.45) is 0 Å². The summed E-state index contributed by atoms with van der Waals surface area (Å²) in [7, 11) is 0. The molecule has 5 nitrogen and oxygen atoms in total. The molecular formula is C20H22N3O2S2+. The van der Waals surface area contributed by atoms with E-state index < -0.39 is 0 Å². The molecule has 2 N–H and O–H groups in total. The van der Waals surface area contributed by atoms with Crippen molar-refractivity contribution in [3.8, 4) is 9.88 Å². The van der Waals surface area contributed by atoms with Crippen molar-refractivity contribution in [3.63, 3.8) is 0 Å². The Morgan fingerprint density at radius 2 is 1.93 bits per heavy atom. The van der Waals surface area contributed by atoms with Crippen LogP contribution in [0, 0.1) is 0 Å². The maximum absolute atomic E-state index is 12.5. The number of rotatable bonds is 6. The molecule has 0 aliphatic carbocycles. The van der Waals surface area contributed by atoms with Crippen molar-refractivity contribution in [2.75, 3.05) is 26.3 Å². The van der Waals surface area contributed by atoms with Gasteiger partial charge in [0.15, 0.2) is 0 Å². The van der Waals surface area contributed by atoms with Crippen LogP contribution >= 0.6 is 22.7 Å². The van der Waals surface area contributed by atoms with Crippen LogP contribution in [0.1, 0.15) is 21.6 Å². The van der Waals surface area contributed by atoms with Crippen molar-refractivity contribution in [2.45, 2.75) is 13.1 Å². The summed E-state index contributed by atoms with van der Waals surface area (Å²) in [5.74, 6) is -0.123. The van der Waals surface area contributed by atoms with Gasteiger partial charge in [0, 0.05) is 17.5 Å². The van der Waals surface area contributed by atoms with Gasteiger partial charge in [-0.05, 0) is 17.0 Å². The summed E-state index contributed by atoms with van der Waals surface area (Å²) < 4.78 is 5.44. The number of hydrogen-bond donors (Lipinski definition) is 2. The molecule has 2 aromatic heterocycles. The lowest BCUT2D eigenvalue weighted by Crippen LogP contribution is -3.12. The van der Waals surface area contributed by atoms with Gasteiger partial charge in [-0.25, -0.2) is 4.98 Å². The molecule has 1 saturated heterocycles. The van der Waals surface area contributed by atoms with E-state index in [4.69, 9.17) is 4.74 Å².